The number of rotatable bonds is 7. The fourth-order valence-electron chi connectivity index (χ4n) is 5.11. The van der Waals surface area contributed by atoms with Crippen LogP contribution in [0.2, 0.25) is 0 Å². The van der Waals surface area contributed by atoms with Crippen LogP contribution >= 0.6 is 0 Å². The summed E-state index contributed by atoms with van der Waals surface area (Å²) in [4.78, 5) is 15.7. The van der Waals surface area contributed by atoms with Gasteiger partial charge < -0.3 is 10.6 Å². The highest BCUT2D eigenvalue weighted by Gasteiger charge is 2.35. The summed E-state index contributed by atoms with van der Waals surface area (Å²) in [5.41, 5.74) is 4.49. The lowest BCUT2D eigenvalue weighted by molar-refractivity contribution is 0.247. The quantitative estimate of drug-likeness (QED) is 0.523. The van der Waals surface area contributed by atoms with Crippen LogP contribution in [0.5, 0.6) is 0 Å². The van der Waals surface area contributed by atoms with Crippen LogP contribution in [0, 0.1) is 0 Å². The Morgan fingerprint density at radius 1 is 1.03 bits per heavy atom. The van der Waals surface area contributed by atoms with Crippen LogP contribution in [0.3, 0.4) is 0 Å². The van der Waals surface area contributed by atoms with E-state index in [1.165, 1.54) is 5.56 Å². The molecule has 0 unspecified atom stereocenters. The van der Waals surface area contributed by atoms with Gasteiger partial charge in [0.05, 0.1) is 17.4 Å². The van der Waals surface area contributed by atoms with E-state index in [0.717, 1.165) is 68.2 Å². The van der Waals surface area contributed by atoms with Crippen LogP contribution in [0.4, 0.5) is 10.6 Å². The van der Waals surface area contributed by atoms with Crippen LogP contribution in [0.25, 0.3) is 5.69 Å². The molecule has 1 saturated heterocycles. The predicted molar refractivity (Wildman–Crippen MR) is 131 cm³/mol. The molecule has 2 amide bonds. The number of likely N-dealkylation sites (N-methyl/N-ethyl adjacent to an activating group) is 1. The number of hydrogen-bond donors (Lipinski definition) is 3. The van der Waals surface area contributed by atoms with E-state index in [-0.39, 0.29) is 18.0 Å². The molecule has 0 bridgehead atoms. The highest BCUT2D eigenvalue weighted by Crippen LogP contribution is 2.31. The summed E-state index contributed by atoms with van der Waals surface area (Å²) in [6.07, 6.45) is 3.00. The third kappa shape index (κ3) is 4.65. The van der Waals surface area contributed by atoms with Crippen molar-refractivity contribution in [3.05, 3.63) is 77.5 Å². The van der Waals surface area contributed by atoms with Crippen molar-refractivity contribution < 1.29 is 4.79 Å². The van der Waals surface area contributed by atoms with Crippen molar-refractivity contribution in [2.75, 3.05) is 38.5 Å². The number of anilines is 1. The van der Waals surface area contributed by atoms with Crippen molar-refractivity contribution in [3.63, 3.8) is 0 Å². The number of likely N-dealkylation sites (tertiary alicyclic amines) is 1. The molecule has 33 heavy (non-hydrogen) atoms. The van der Waals surface area contributed by atoms with Crippen molar-refractivity contribution in [1.82, 2.24) is 25.3 Å². The number of aryl methyl sites for hydroxylation is 1. The number of fused-ring (bicyclic) bond motifs is 1. The van der Waals surface area contributed by atoms with Gasteiger partial charge in [0.15, 0.2) is 0 Å². The molecule has 3 aromatic rings. The van der Waals surface area contributed by atoms with Crippen molar-refractivity contribution in [2.24, 2.45) is 0 Å². The first-order chi connectivity index (χ1) is 16.2. The topological polar surface area (TPSA) is 74.2 Å². The van der Waals surface area contributed by atoms with Crippen LogP contribution < -0.4 is 16.0 Å². The minimum atomic E-state index is -0.164. The SMILES string of the molecule is CNCCN1C[C@@H](NC(=O)Nc2c3c(nn2-c2ccccc2)CCC3)[C@H](c2ccccc2)C1. The number of aromatic nitrogens is 2. The Morgan fingerprint density at radius 2 is 1.79 bits per heavy atom. The van der Waals surface area contributed by atoms with Gasteiger partial charge in [-0.05, 0) is 44.0 Å². The zero-order valence-electron chi connectivity index (χ0n) is 19.1. The average Bonchev–Trinajstić information content (AvgIpc) is 3.55. The third-order valence-corrected chi connectivity index (χ3v) is 6.76. The molecule has 172 valence electrons. The van der Waals surface area contributed by atoms with Crippen molar-refractivity contribution in [2.45, 2.75) is 31.2 Å². The molecule has 1 aliphatic carbocycles. The van der Waals surface area contributed by atoms with Gasteiger partial charge in [-0.2, -0.15) is 5.10 Å². The largest absolute Gasteiger partial charge is 0.333 e. The van der Waals surface area contributed by atoms with Crippen LogP contribution in [0.1, 0.15) is 29.2 Å². The first-order valence-corrected chi connectivity index (χ1v) is 11.9. The Morgan fingerprint density at radius 3 is 2.55 bits per heavy atom. The van der Waals surface area contributed by atoms with E-state index in [1.54, 1.807) is 0 Å². The highest BCUT2D eigenvalue weighted by molar-refractivity contribution is 5.90. The summed E-state index contributed by atoms with van der Waals surface area (Å²) >= 11 is 0. The van der Waals surface area contributed by atoms with Crippen LogP contribution in [0.15, 0.2) is 60.7 Å². The average molecular weight is 445 g/mol. The standard InChI is InChI=1S/C26H32N6O/c1-27-15-16-31-17-22(19-9-4-2-5-10-19)24(18-31)28-26(33)29-25-21-13-8-14-23(21)30-32(25)20-11-6-3-7-12-20/h2-7,9-12,22,24,27H,8,13-18H2,1H3,(H2,28,29,33)/t22-,24+/m0/s1. The fourth-order valence-corrected chi connectivity index (χ4v) is 5.11. The lowest BCUT2D eigenvalue weighted by atomic mass is 9.94. The Balaban J connectivity index is 1.35. The Labute approximate surface area is 195 Å². The smallest absolute Gasteiger partial charge is 0.320 e. The van der Waals surface area contributed by atoms with E-state index < -0.39 is 0 Å². The molecule has 0 saturated carbocycles. The van der Waals surface area contributed by atoms with E-state index in [4.69, 9.17) is 5.10 Å². The Kier molecular flexibility index (Phi) is 6.41. The summed E-state index contributed by atoms with van der Waals surface area (Å²) in [5, 5.41) is 14.5. The number of carbonyl (C=O) groups is 1. The second-order valence-electron chi connectivity index (χ2n) is 8.96. The van der Waals surface area contributed by atoms with E-state index in [2.05, 4.69) is 45.1 Å². The molecule has 7 nitrogen and oxygen atoms in total. The number of nitrogens with one attached hydrogen (secondary N) is 3. The normalized spacial score (nSPS) is 20.0. The van der Waals surface area contributed by atoms with Gasteiger partial charge in [-0.15, -0.1) is 0 Å². The molecule has 0 radical (unpaired) electrons. The molecule has 5 rings (SSSR count). The van der Waals surface area contributed by atoms with Crippen molar-refractivity contribution in [1.29, 1.82) is 0 Å². The molecule has 2 aliphatic rings. The van der Waals surface area contributed by atoms with Crippen molar-refractivity contribution >= 4 is 11.8 Å². The number of amides is 2. The number of nitrogens with zero attached hydrogens (tertiary/aromatic N) is 3. The maximum Gasteiger partial charge on any atom is 0.320 e. The minimum Gasteiger partial charge on any atom is -0.333 e. The molecule has 2 atom stereocenters. The highest BCUT2D eigenvalue weighted by atomic mass is 16.2. The third-order valence-electron chi connectivity index (χ3n) is 6.76. The molecule has 0 spiro atoms. The summed E-state index contributed by atoms with van der Waals surface area (Å²) in [6, 6.07) is 20.4. The van der Waals surface area contributed by atoms with Crippen LogP contribution in [-0.4, -0.2) is 60.0 Å². The first kappa shape index (κ1) is 21.7. The molecular formula is C26H32N6O. The van der Waals surface area contributed by atoms with Gasteiger partial charge in [-0.3, -0.25) is 10.2 Å². The fraction of sp³-hybridized carbons (Fsp3) is 0.385. The molecule has 2 aromatic carbocycles. The second kappa shape index (κ2) is 9.77. The lowest BCUT2D eigenvalue weighted by Gasteiger charge is -2.21. The van der Waals surface area contributed by atoms with Crippen LogP contribution in [-0.2, 0) is 12.8 Å². The summed E-state index contributed by atoms with van der Waals surface area (Å²) < 4.78 is 1.88. The van der Waals surface area contributed by atoms with Gasteiger partial charge in [-0.1, -0.05) is 48.5 Å². The second-order valence-corrected chi connectivity index (χ2v) is 8.96. The molecule has 3 N–H and O–H groups in total. The maximum atomic E-state index is 13.3. The van der Waals surface area contributed by atoms with Gasteiger partial charge in [0.25, 0.3) is 0 Å². The first-order valence-electron chi connectivity index (χ1n) is 11.9. The number of hydrogen-bond acceptors (Lipinski definition) is 4. The predicted octanol–water partition coefficient (Wildman–Crippen LogP) is 3.17. The molecule has 1 aliphatic heterocycles. The summed E-state index contributed by atoms with van der Waals surface area (Å²) in [5.74, 6) is 1.06. The molecule has 1 fully saturated rings. The van der Waals surface area contributed by atoms with E-state index in [1.807, 2.05) is 48.1 Å². The minimum absolute atomic E-state index is 0.0467. The number of urea groups is 1. The number of benzene rings is 2. The molecular weight excluding hydrogens is 412 g/mol. The zero-order valence-corrected chi connectivity index (χ0v) is 19.1. The summed E-state index contributed by atoms with van der Waals surface area (Å²) in [6.45, 7) is 3.68. The number of para-hydroxylation sites is 1. The van der Waals surface area contributed by atoms with Gasteiger partial charge in [0.1, 0.15) is 5.82 Å². The zero-order chi connectivity index (χ0) is 22.6. The van der Waals surface area contributed by atoms with Crippen molar-refractivity contribution in [3.8, 4) is 5.69 Å². The van der Waals surface area contributed by atoms with E-state index in [0.29, 0.717) is 0 Å². The number of carbonyl (C=O) groups excluding carboxylic acids is 1. The van der Waals surface area contributed by atoms with Gasteiger partial charge >= 0.3 is 6.03 Å². The lowest BCUT2D eigenvalue weighted by Crippen LogP contribution is -2.42. The van der Waals surface area contributed by atoms with E-state index in [9.17, 15) is 4.79 Å². The van der Waals surface area contributed by atoms with E-state index >= 15 is 0 Å². The maximum absolute atomic E-state index is 13.3. The Hall–Kier alpha value is -3.16. The van der Waals surface area contributed by atoms with Gasteiger partial charge in [-0.25, -0.2) is 9.48 Å². The van der Waals surface area contributed by atoms with Gasteiger partial charge in [0, 0.05) is 37.7 Å². The van der Waals surface area contributed by atoms with Gasteiger partial charge in [0.2, 0.25) is 0 Å². The molecule has 2 heterocycles. The Bertz CT molecular complexity index is 1080. The summed E-state index contributed by atoms with van der Waals surface area (Å²) in [7, 11) is 1.97. The monoisotopic (exact) mass is 444 g/mol. The molecule has 1 aromatic heterocycles. The molecule has 7 heteroatoms.